The van der Waals surface area contributed by atoms with Crippen LogP contribution in [0.15, 0.2) is 0 Å². The first kappa shape index (κ1) is 47.5. The van der Waals surface area contributed by atoms with Gasteiger partial charge in [-0.3, -0.25) is 0 Å². The van der Waals surface area contributed by atoms with E-state index >= 15 is 0 Å². The van der Waals surface area contributed by atoms with Crippen LogP contribution in [-0.2, 0) is 57.6 Å². The van der Waals surface area contributed by atoms with Crippen molar-refractivity contribution in [2.45, 2.75) is 0 Å². The van der Waals surface area contributed by atoms with E-state index in [0.717, 1.165) is 0 Å². The summed E-state index contributed by atoms with van der Waals surface area (Å²) in [7, 11) is 0. The van der Waals surface area contributed by atoms with E-state index in [0.29, 0.717) is 0 Å². The quantitative estimate of drug-likeness (QED) is 0.477. The molecule has 0 spiro atoms. The van der Waals surface area contributed by atoms with Crippen molar-refractivity contribution >= 4 is 78.2 Å². The van der Waals surface area contributed by atoms with Gasteiger partial charge in [-0.15, -0.1) is 0 Å². The van der Waals surface area contributed by atoms with Gasteiger partial charge in [-0.1, -0.05) is 0 Å². The topological polar surface area (TPSA) is 0 Å². The summed E-state index contributed by atoms with van der Waals surface area (Å²) in [5, 5.41) is 0. The molecule has 0 rings (SSSR count). The van der Waals surface area contributed by atoms with E-state index in [1.54, 1.807) is 0 Å². The van der Waals surface area contributed by atoms with Crippen LogP contribution in [0.1, 0.15) is 5.71 Å². The van der Waals surface area contributed by atoms with Crippen LogP contribution in [0.3, 0.4) is 0 Å². The minimum absolute atomic E-state index is 0. The van der Waals surface area contributed by atoms with Crippen molar-refractivity contribution in [2.75, 3.05) is 0 Å². The van der Waals surface area contributed by atoms with Crippen molar-refractivity contribution in [1.82, 2.24) is 0 Å². The monoisotopic (exact) mass is 315 g/mol. The summed E-state index contributed by atoms with van der Waals surface area (Å²) in [5.74, 6) is 0. The molecule has 0 aliphatic heterocycles. The summed E-state index contributed by atoms with van der Waals surface area (Å²) < 4.78 is 0. The number of hydrogen-bond acceptors (Lipinski definition) is 0. The van der Waals surface area contributed by atoms with Crippen LogP contribution in [0.2, 0.25) is 0 Å². The molecule has 0 heterocycles. The molecule has 0 nitrogen and oxygen atoms in total. The Morgan fingerprint density at radius 1 is 1.17 bits per heavy atom. The molecule has 0 N–H and O–H groups in total. The van der Waals surface area contributed by atoms with Gasteiger partial charge in [0.15, 0.2) is 17.4 Å². The average molecular weight is 315 g/mol. The molecule has 0 aromatic heterocycles. The Hall–Kier alpha value is 4.39. The van der Waals surface area contributed by atoms with Crippen LogP contribution in [-0.4, -0.2) is 78.2 Å². The second-order valence-electron chi connectivity index (χ2n) is 0. The first-order chi connectivity index (χ1) is 0. The molecule has 0 fully saturated rings. The minimum Gasteiger partial charge on any atom is -1.00 e. The maximum atomic E-state index is 0. The second kappa shape index (κ2) is 34.3. The Labute approximate surface area is 138 Å². The van der Waals surface area contributed by atoms with E-state index in [9.17, 15) is 0 Å². The van der Waals surface area contributed by atoms with Crippen molar-refractivity contribution in [1.29, 1.82) is 0 Å². The van der Waals surface area contributed by atoms with Crippen molar-refractivity contribution < 1.29 is 63.3 Å². The molecule has 1 radical (unpaired) electrons. The van der Waals surface area contributed by atoms with Crippen molar-refractivity contribution in [3.63, 3.8) is 0 Å². The van der Waals surface area contributed by atoms with Gasteiger partial charge in [0.05, 0.1) is 0 Å². The van der Waals surface area contributed by atoms with Gasteiger partial charge in [0, 0.05) is 57.6 Å². The maximum Gasteiger partial charge on any atom is 2.00 e. The predicted octanol–water partition coefficient (Wildman–Crippen LogP) is -1.50. The van der Waals surface area contributed by atoms with Gasteiger partial charge in [0.1, 0.15) is 0 Å². The molecule has 0 saturated carbocycles. The zero-order chi connectivity index (χ0) is 0. The molecule has 0 unspecified atom stereocenters. The summed E-state index contributed by atoms with van der Waals surface area (Å²) in [6.45, 7) is 0. The Bertz CT molecular complexity index is 25.2. The maximum absolute atomic E-state index is 0. The van der Waals surface area contributed by atoms with E-state index in [4.69, 9.17) is 0 Å². The van der Waals surface area contributed by atoms with Crippen LogP contribution in [0.5, 0.6) is 0 Å². The third kappa shape index (κ3) is 23.8. The summed E-state index contributed by atoms with van der Waals surface area (Å²) in [6, 6.07) is 0. The molecular weight excluding hydrogens is 308 g/mol. The fourth-order valence-electron chi connectivity index (χ4n) is 0. The normalized spacial score (nSPS) is 0. The number of rotatable bonds is 0. The van der Waals surface area contributed by atoms with Gasteiger partial charge in [-0.2, -0.15) is 0 Å². The molecule has 6 heavy (non-hydrogen) atoms. The van der Waals surface area contributed by atoms with Crippen molar-refractivity contribution in [3.05, 3.63) is 0 Å². The zero-order valence-electron chi connectivity index (χ0n) is 6.91. The van der Waals surface area contributed by atoms with Gasteiger partial charge in [0.2, 0.25) is 0 Å². The van der Waals surface area contributed by atoms with E-state index in [1.165, 1.54) is 0 Å². The van der Waals surface area contributed by atoms with Crippen LogP contribution >= 0.6 is 0 Å². The standard InChI is InChI=1S/Al.Ca.Mg.Mn.Mo.Zn.7H/q;2*+2;;;;;;;4*-1. The van der Waals surface area contributed by atoms with Crippen LogP contribution in [0.4, 0.5) is 0 Å². The Kier molecular flexibility index (Phi) is 272. The first-order valence-corrected chi connectivity index (χ1v) is 0. The Morgan fingerprint density at radius 2 is 1.17 bits per heavy atom. The first-order valence-electron chi connectivity index (χ1n) is 0. The third-order valence-electron chi connectivity index (χ3n) is 0. The fraction of sp³-hybridized carbons (Fsp3) is 0. The molecule has 0 atom stereocenters. The van der Waals surface area contributed by atoms with Crippen LogP contribution < -0.4 is 0 Å². The molecule has 0 aromatic rings. The molecule has 0 aliphatic carbocycles. The molecule has 0 bridgehead atoms. The predicted molar refractivity (Wildman–Crippen MR) is 25.9 cm³/mol. The molecule has 29 valence electrons. The largest absolute Gasteiger partial charge is 2.00 e. The van der Waals surface area contributed by atoms with Gasteiger partial charge in [-0.05, 0) is 0 Å². The van der Waals surface area contributed by atoms with Crippen molar-refractivity contribution in [2.24, 2.45) is 0 Å². The number of hydrogen-bond donors (Lipinski definition) is 0. The fourth-order valence-corrected chi connectivity index (χ4v) is 0. The SMILES string of the molecule is [AlH3].[Ca+2].[H-].[H-].[H-].[H-].[Mg+2].[Mn].[Mo].[Zn]. The summed E-state index contributed by atoms with van der Waals surface area (Å²) in [6.07, 6.45) is 0. The van der Waals surface area contributed by atoms with Crippen LogP contribution in [0.25, 0.3) is 0 Å². The zero-order valence-corrected chi connectivity index (χ0v) is 12.7. The van der Waals surface area contributed by atoms with E-state index in [1.807, 2.05) is 0 Å². The summed E-state index contributed by atoms with van der Waals surface area (Å²) >= 11 is 0. The molecule has 0 aromatic carbocycles. The van der Waals surface area contributed by atoms with Gasteiger partial charge < -0.3 is 5.71 Å². The van der Waals surface area contributed by atoms with Gasteiger partial charge in [-0.25, -0.2) is 0 Å². The molecule has 0 amide bonds. The molecule has 0 aliphatic rings. The average Bonchev–Trinajstić information content (AvgIpc) is 0. The Balaban J connectivity index is 0. The summed E-state index contributed by atoms with van der Waals surface area (Å²) in [4.78, 5) is 0. The van der Waals surface area contributed by atoms with Gasteiger partial charge >= 0.3 is 60.8 Å². The minimum atomic E-state index is 0. The van der Waals surface area contributed by atoms with E-state index in [2.05, 4.69) is 0 Å². The molecule has 0 saturated heterocycles. The molecule has 6 heteroatoms. The van der Waals surface area contributed by atoms with Gasteiger partial charge in [0.25, 0.3) is 0 Å². The third-order valence-corrected chi connectivity index (χ3v) is 0. The van der Waals surface area contributed by atoms with E-state index < -0.39 is 0 Å². The smallest absolute Gasteiger partial charge is 1.00 e. The second-order valence-corrected chi connectivity index (χ2v) is 0. The Morgan fingerprint density at radius 3 is 1.17 bits per heavy atom. The van der Waals surface area contributed by atoms with E-state index in [-0.39, 0.29) is 141 Å². The molecular formula is H7AlCaMgMnMoZn. The summed E-state index contributed by atoms with van der Waals surface area (Å²) in [5.41, 5.74) is 0. The van der Waals surface area contributed by atoms with Crippen LogP contribution in [0, 0.1) is 0 Å². The van der Waals surface area contributed by atoms with Crippen molar-refractivity contribution in [3.8, 4) is 0 Å².